The largest absolute Gasteiger partial charge is 0.468 e. The van der Waals surface area contributed by atoms with Gasteiger partial charge in [0, 0.05) is 17.4 Å². The minimum Gasteiger partial charge on any atom is -0.468 e. The Balaban J connectivity index is 1.56. The van der Waals surface area contributed by atoms with E-state index < -0.39 is 67.6 Å². The molecule has 3 heterocycles. The SMILES string of the molecule is CC=C1[C@H](O[C@@H]2O[C@H](CO)[C@@H](O)[C@H](O)[C@H]2O)OC=C2C(=O)OC[C@H](C)[C@H]3[C@H](COC(=O)C[C@H]21)[C@@H](C)C[C@@H]3O. The highest BCUT2D eigenvalue weighted by atomic mass is 16.8. The fraction of sp³-hybridized carbons (Fsp3) is 0.769. The number of cyclic esters (lactones) is 2. The molecular weight excluding hydrogens is 504 g/mol. The predicted molar refractivity (Wildman–Crippen MR) is 128 cm³/mol. The van der Waals surface area contributed by atoms with Crippen molar-refractivity contribution in [1.82, 2.24) is 0 Å². The summed E-state index contributed by atoms with van der Waals surface area (Å²) in [6, 6.07) is 0. The Morgan fingerprint density at radius 1 is 1.03 bits per heavy atom. The number of rotatable bonds is 3. The highest BCUT2D eigenvalue weighted by Gasteiger charge is 2.48. The fourth-order valence-corrected chi connectivity index (χ4v) is 6.08. The van der Waals surface area contributed by atoms with E-state index in [1.807, 2.05) is 13.8 Å². The van der Waals surface area contributed by atoms with Gasteiger partial charge in [0.25, 0.3) is 0 Å². The summed E-state index contributed by atoms with van der Waals surface area (Å²) in [4.78, 5) is 26.1. The van der Waals surface area contributed by atoms with Gasteiger partial charge in [0.15, 0.2) is 6.29 Å². The molecule has 38 heavy (non-hydrogen) atoms. The van der Waals surface area contributed by atoms with E-state index >= 15 is 0 Å². The maximum absolute atomic E-state index is 13.1. The molecule has 0 aromatic carbocycles. The molecule has 4 aliphatic rings. The second-order valence-corrected chi connectivity index (χ2v) is 10.7. The monoisotopic (exact) mass is 542 g/mol. The zero-order valence-electron chi connectivity index (χ0n) is 21.7. The van der Waals surface area contributed by atoms with Gasteiger partial charge in [-0.05, 0) is 31.1 Å². The van der Waals surface area contributed by atoms with Gasteiger partial charge in [-0.2, -0.15) is 0 Å². The second kappa shape index (κ2) is 12.0. The fourth-order valence-electron chi connectivity index (χ4n) is 6.08. The summed E-state index contributed by atoms with van der Waals surface area (Å²) in [7, 11) is 0. The molecule has 2 saturated heterocycles. The zero-order chi connectivity index (χ0) is 27.7. The molecule has 12 heteroatoms. The lowest BCUT2D eigenvalue weighted by atomic mass is 9.82. The lowest BCUT2D eigenvalue weighted by molar-refractivity contribution is -0.327. The number of carbonyl (C=O) groups is 2. The van der Waals surface area contributed by atoms with Gasteiger partial charge >= 0.3 is 11.9 Å². The molecule has 0 bridgehead atoms. The Bertz CT molecular complexity index is 931. The number of hydrogen-bond donors (Lipinski definition) is 5. The molecule has 4 rings (SSSR count). The van der Waals surface area contributed by atoms with Crippen LogP contribution in [0.1, 0.15) is 33.6 Å². The van der Waals surface area contributed by atoms with Gasteiger partial charge in [0.1, 0.15) is 24.4 Å². The van der Waals surface area contributed by atoms with Crippen LogP contribution in [0, 0.1) is 29.6 Å². The molecule has 0 radical (unpaired) electrons. The van der Waals surface area contributed by atoms with Crippen molar-refractivity contribution in [3.8, 4) is 0 Å². The van der Waals surface area contributed by atoms with E-state index in [9.17, 15) is 35.1 Å². The predicted octanol–water partition coefficient (Wildman–Crippen LogP) is -0.635. The van der Waals surface area contributed by atoms with E-state index in [1.165, 1.54) is 0 Å². The molecule has 214 valence electrons. The Hall–Kier alpha value is -2.06. The molecule has 0 amide bonds. The highest BCUT2D eigenvalue weighted by Crippen LogP contribution is 2.43. The third-order valence-electron chi connectivity index (χ3n) is 8.27. The molecule has 0 aromatic heterocycles. The zero-order valence-corrected chi connectivity index (χ0v) is 21.7. The van der Waals surface area contributed by atoms with Crippen molar-refractivity contribution in [2.45, 2.75) is 76.7 Å². The summed E-state index contributed by atoms with van der Waals surface area (Å²) >= 11 is 0. The summed E-state index contributed by atoms with van der Waals surface area (Å²) in [5, 5.41) is 50.6. The smallest absolute Gasteiger partial charge is 0.337 e. The third kappa shape index (κ3) is 5.62. The summed E-state index contributed by atoms with van der Waals surface area (Å²) in [6.45, 7) is 5.13. The van der Waals surface area contributed by atoms with Crippen molar-refractivity contribution in [2.24, 2.45) is 29.6 Å². The van der Waals surface area contributed by atoms with Gasteiger partial charge in [-0.25, -0.2) is 4.79 Å². The van der Waals surface area contributed by atoms with E-state index in [4.69, 9.17) is 23.7 Å². The highest BCUT2D eigenvalue weighted by molar-refractivity contribution is 5.91. The number of aliphatic hydroxyl groups excluding tert-OH is 5. The lowest BCUT2D eigenvalue weighted by Gasteiger charge is -2.42. The number of carbonyl (C=O) groups excluding carboxylic acids is 2. The van der Waals surface area contributed by atoms with Crippen LogP contribution in [0.5, 0.6) is 0 Å². The van der Waals surface area contributed by atoms with Crippen molar-refractivity contribution < 1.29 is 58.8 Å². The number of esters is 2. The van der Waals surface area contributed by atoms with Gasteiger partial charge in [-0.1, -0.05) is 19.9 Å². The topological polar surface area (TPSA) is 181 Å². The van der Waals surface area contributed by atoms with Crippen LogP contribution in [0.3, 0.4) is 0 Å². The molecule has 12 atom stereocenters. The van der Waals surface area contributed by atoms with Crippen LogP contribution in [-0.4, -0.2) is 100 Å². The Kier molecular flexibility index (Phi) is 9.13. The van der Waals surface area contributed by atoms with Crippen LogP contribution in [-0.2, 0) is 33.3 Å². The molecule has 12 nitrogen and oxygen atoms in total. The van der Waals surface area contributed by atoms with Crippen LogP contribution in [0.15, 0.2) is 23.5 Å². The van der Waals surface area contributed by atoms with Crippen molar-refractivity contribution in [1.29, 1.82) is 0 Å². The van der Waals surface area contributed by atoms with E-state index in [0.29, 0.717) is 12.0 Å². The van der Waals surface area contributed by atoms with Crippen LogP contribution in [0.2, 0.25) is 0 Å². The molecule has 3 aliphatic heterocycles. The quantitative estimate of drug-likeness (QED) is 0.225. The molecule has 0 unspecified atom stereocenters. The number of fused-ring (bicyclic) bond motifs is 2. The average molecular weight is 543 g/mol. The first-order valence-electron chi connectivity index (χ1n) is 13.1. The maximum Gasteiger partial charge on any atom is 0.337 e. The normalized spacial score (nSPS) is 45.5. The van der Waals surface area contributed by atoms with E-state index in [1.54, 1.807) is 13.0 Å². The van der Waals surface area contributed by atoms with Crippen molar-refractivity contribution in [3.05, 3.63) is 23.5 Å². The molecule has 5 N–H and O–H groups in total. The number of allylic oxidation sites excluding steroid dienone is 1. The van der Waals surface area contributed by atoms with Crippen LogP contribution in [0.4, 0.5) is 0 Å². The summed E-state index contributed by atoms with van der Waals surface area (Å²) in [5.41, 5.74) is 0.439. The van der Waals surface area contributed by atoms with Gasteiger partial charge in [0.05, 0.1) is 44.2 Å². The number of aliphatic hydroxyl groups is 5. The molecule has 0 spiro atoms. The molecule has 3 fully saturated rings. The standard InChI is InChI=1S/C26H38O12/c1-4-13-14-6-19(29)34-9-15-11(2)5-17(28)20(15)12(3)8-35-24(33)16(14)10-36-25(13)38-26-23(32)22(31)21(30)18(7-27)37-26/h4,10-12,14-15,17-18,20-23,25-28,30-32H,5-9H2,1-3H3/t11-,12-,14-,15+,17-,18+,20-,21+,22-,23+,25-,26-/m0/s1. The van der Waals surface area contributed by atoms with Gasteiger partial charge < -0.3 is 49.2 Å². The molecular formula is C26H38O12. The van der Waals surface area contributed by atoms with E-state index in [2.05, 4.69) is 0 Å². The first-order chi connectivity index (χ1) is 18.1. The van der Waals surface area contributed by atoms with Crippen LogP contribution in [0.25, 0.3) is 0 Å². The maximum atomic E-state index is 13.1. The minimum absolute atomic E-state index is 0.0672. The van der Waals surface area contributed by atoms with E-state index in [-0.39, 0.29) is 48.9 Å². The van der Waals surface area contributed by atoms with Crippen molar-refractivity contribution in [2.75, 3.05) is 19.8 Å². The third-order valence-corrected chi connectivity index (χ3v) is 8.27. The average Bonchev–Trinajstić information content (AvgIpc) is 3.18. The lowest BCUT2D eigenvalue weighted by Crippen LogP contribution is -2.60. The first kappa shape index (κ1) is 28.9. The number of hydrogen-bond acceptors (Lipinski definition) is 12. The summed E-state index contributed by atoms with van der Waals surface area (Å²) < 4.78 is 28.1. The van der Waals surface area contributed by atoms with E-state index in [0.717, 1.165) is 6.26 Å². The van der Waals surface area contributed by atoms with Crippen LogP contribution < -0.4 is 0 Å². The Labute approximate surface area is 220 Å². The summed E-state index contributed by atoms with van der Waals surface area (Å²) in [5.74, 6) is -2.37. The first-order valence-corrected chi connectivity index (χ1v) is 13.1. The van der Waals surface area contributed by atoms with Crippen LogP contribution >= 0.6 is 0 Å². The second-order valence-electron chi connectivity index (χ2n) is 10.7. The van der Waals surface area contributed by atoms with Gasteiger partial charge in [-0.15, -0.1) is 0 Å². The van der Waals surface area contributed by atoms with Crippen molar-refractivity contribution >= 4 is 11.9 Å². The Morgan fingerprint density at radius 3 is 2.45 bits per heavy atom. The molecule has 0 aromatic rings. The number of ether oxygens (including phenoxy) is 5. The Morgan fingerprint density at radius 2 is 1.76 bits per heavy atom. The molecule has 1 saturated carbocycles. The van der Waals surface area contributed by atoms with Gasteiger partial charge in [-0.3, -0.25) is 4.79 Å². The van der Waals surface area contributed by atoms with Crippen molar-refractivity contribution in [3.63, 3.8) is 0 Å². The minimum atomic E-state index is -1.66. The summed E-state index contributed by atoms with van der Waals surface area (Å²) in [6.07, 6.45) is -6.25. The van der Waals surface area contributed by atoms with Gasteiger partial charge in [0.2, 0.25) is 6.29 Å². The molecule has 1 aliphatic carbocycles.